The van der Waals surface area contributed by atoms with E-state index >= 15 is 0 Å². The average molecular weight is 282 g/mol. The number of rotatable bonds is 5. The number of nitrogens with zero attached hydrogens (tertiary/aromatic N) is 2. The van der Waals surface area contributed by atoms with Gasteiger partial charge in [0.15, 0.2) is 0 Å². The maximum Gasteiger partial charge on any atom is 0.137 e. The van der Waals surface area contributed by atoms with Gasteiger partial charge in [0.05, 0.1) is 6.54 Å². The van der Waals surface area contributed by atoms with Crippen molar-refractivity contribution in [3.8, 4) is 5.75 Å². The molecule has 0 spiro atoms. The minimum absolute atomic E-state index is 0.281. The molecule has 0 bridgehead atoms. The average Bonchev–Trinajstić information content (AvgIpc) is 2.41. The van der Waals surface area contributed by atoms with E-state index in [-0.39, 0.29) is 5.82 Å². The predicted octanol–water partition coefficient (Wildman–Crippen LogP) is 3.07. The van der Waals surface area contributed by atoms with Gasteiger partial charge in [0.25, 0.3) is 0 Å². The predicted molar refractivity (Wildman–Crippen MR) is 72.2 cm³/mol. The van der Waals surface area contributed by atoms with Gasteiger partial charge in [-0.15, -0.1) is 0 Å². The van der Waals surface area contributed by atoms with E-state index in [2.05, 4.69) is 15.3 Å². The quantitative estimate of drug-likeness (QED) is 0.676. The third kappa shape index (κ3) is 3.79. The Morgan fingerprint density at radius 2 is 2.00 bits per heavy atom. The first-order valence-corrected chi connectivity index (χ1v) is 6.14. The fourth-order valence-electron chi connectivity index (χ4n) is 1.48. The molecule has 1 heterocycles. The van der Waals surface area contributed by atoms with Gasteiger partial charge in [-0.05, 0) is 31.2 Å². The lowest BCUT2D eigenvalue weighted by atomic mass is 10.3. The van der Waals surface area contributed by atoms with Gasteiger partial charge < -0.3 is 10.1 Å². The summed E-state index contributed by atoms with van der Waals surface area (Å²) >= 11 is 5.88. The van der Waals surface area contributed by atoms with Crippen molar-refractivity contribution in [1.82, 2.24) is 9.97 Å². The Labute approximate surface area is 115 Å². The van der Waals surface area contributed by atoms with Crippen molar-refractivity contribution in [3.05, 3.63) is 47.1 Å². The van der Waals surface area contributed by atoms with Crippen LogP contribution in [0.2, 0.25) is 5.15 Å². The molecule has 0 saturated heterocycles. The summed E-state index contributed by atoms with van der Waals surface area (Å²) in [5, 5.41) is 3.53. The zero-order valence-electron chi connectivity index (χ0n) is 10.4. The fourth-order valence-corrected chi connectivity index (χ4v) is 1.61. The normalized spacial score (nSPS) is 10.3. The lowest BCUT2D eigenvalue weighted by Crippen LogP contribution is -2.13. The zero-order chi connectivity index (χ0) is 13.7. The molecule has 1 N–H and O–H groups in total. The summed E-state index contributed by atoms with van der Waals surface area (Å²) in [5.41, 5.74) is 0.797. The first-order valence-electron chi connectivity index (χ1n) is 5.76. The highest BCUT2D eigenvalue weighted by atomic mass is 35.5. The van der Waals surface area contributed by atoms with E-state index in [4.69, 9.17) is 16.3 Å². The van der Waals surface area contributed by atoms with Crippen LogP contribution >= 0.6 is 11.6 Å². The minimum atomic E-state index is -0.281. The Kier molecular flexibility index (Phi) is 4.52. The second-order valence-electron chi connectivity index (χ2n) is 3.87. The van der Waals surface area contributed by atoms with Crippen LogP contribution in [0.1, 0.15) is 5.56 Å². The Morgan fingerprint density at radius 3 is 2.74 bits per heavy atom. The molecule has 2 aromatic rings. The second-order valence-corrected chi connectivity index (χ2v) is 4.23. The monoisotopic (exact) mass is 281 g/mol. The molecular formula is C13H13ClFN3O. The van der Waals surface area contributed by atoms with Crippen molar-refractivity contribution in [2.75, 3.05) is 18.5 Å². The van der Waals surface area contributed by atoms with E-state index in [1.807, 2.05) is 6.92 Å². The molecule has 0 fully saturated rings. The molecule has 0 unspecified atom stereocenters. The second kappa shape index (κ2) is 6.33. The van der Waals surface area contributed by atoms with Crippen LogP contribution in [0.5, 0.6) is 5.75 Å². The Hall–Kier alpha value is -1.88. The summed E-state index contributed by atoms with van der Waals surface area (Å²) < 4.78 is 18.1. The highest BCUT2D eigenvalue weighted by molar-refractivity contribution is 6.30. The van der Waals surface area contributed by atoms with Crippen LogP contribution in [0.4, 0.5) is 10.2 Å². The topological polar surface area (TPSA) is 47.0 Å². The maximum atomic E-state index is 12.7. The lowest BCUT2D eigenvalue weighted by Gasteiger charge is -2.10. The van der Waals surface area contributed by atoms with Crippen molar-refractivity contribution < 1.29 is 9.13 Å². The van der Waals surface area contributed by atoms with Crippen LogP contribution in [-0.4, -0.2) is 23.1 Å². The van der Waals surface area contributed by atoms with E-state index in [1.165, 1.54) is 18.5 Å². The van der Waals surface area contributed by atoms with Crippen molar-refractivity contribution in [2.24, 2.45) is 0 Å². The van der Waals surface area contributed by atoms with Gasteiger partial charge in [0.1, 0.15) is 35.5 Å². The molecule has 0 aliphatic rings. The Morgan fingerprint density at radius 1 is 1.26 bits per heavy atom. The van der Waals surface area contributed by atoms with E-state index in [1.54, 1.807) is 12.1 Å². The van der Waals surface area contributed by atoms with Gasteiger partial charge in [-0.1, -0.05) is 11.6 Å². The molecule has 0 aliphatic carbocycles. The molecule has 6 heteroatoms. The van der Waals surface area contributed by atoms with Crippen LogP contribution in [0, 0.1) is 12.7 Å². The summed E-state index contributed by atoms with van der Waals surface area (Å²) in [4.78, 5) is 7.95. The summed E-state index contributed by atoms with van der Waals surface area (Å²) in [6, 6.07) is 5.89. The molecule has 4 nitrogen and oxygen atoms in total. The standard InChI is InChI=1S/C13H13ClFN3O/c1-9-12(14)17-8-18-13(9)16-6-7-19-11-4-2-10(15)3-5-11/h2-5,8H,6-7H2,1H3,(H,16,17,18). The van der Waals surface area contributed by atoms with E-state index in [0.717, 1.165) is 5.56 Å². The number of hydrogen-bond acceptors (Lipinski definition) is 4. The molecular weight excluding hydrogens is 269 g/mol. The van der Waals surface area contributed by atoms with Gasteiger partial charge in [-0.3, -0.25) is 0 Å². The minimum Gasteiger partial charge on any atom is -0.492 e. The number of hydrogen-bond donors (Lipinski definition) is 1. The van der Waals surface area contributed by atoms with Crippen molar-refractivity contribution in [2.45, 2.75) is 6.92 Å². The van der Waals surface area contributed by atoms with Crippen LogP contribution in [0.15, 0.2) is 30.6 Å². The van der Waals surface area contributed by atoms with Crippen molar-refractivity contribution in [1.29, 1.82) is 0 Å². The number of anilines is 1. The highest BCUT2D eigenvalue weighted by Gasteiger charge is 2.03. The molecule has 0 atom stereocenters. The maximum absolute atomic E-state index is 12.7. The molecule has 1 aromatic carbocycles. The van der Waals surface area contributed by atoms with Gasteiger partial charge in [-0.25, -0.2) is 14.4 Å². The van der Waals surface area contributed by atoms with Gasteiger partial charge in [-0.2, -0.15) is 0 Å². The van der Waals surface area contributed by atoms with E-state index in [9.17, 15) is 4.39 Å². The Balaban J connectivity index is 1.81. The first kappa shape index (κ1) is 13.5. The first-order chi connectivity index (χ1) is 9.16. The van der Waals surface area contributed by atoms with Crippen LogP contribution < -0.4 is 10.1 Å². The summed E-state index contributed by atoms with van der Waals surface area (Å²) in [7, 11) is 0. The zero-order valence-corrected chi connectivity index (χ0v) is 11.1. The van der Waals surface area contributed by atoms with Crippen molar-refractivity contribution >= 4 is 17.4 Å². The smallest absolute Gasteiger partial charge is 0.137 e. The number of benzene rings is 1. The van der Waals surface area contributed by atoms with Gasteiger partial charge in [0.2, 0.25) is 0 Å². The molecule has 0 radical (unpaired) electrons. The van der Waals surface area contributed by atoms with Crippen LogP contribution in [0.25, 0.3) is 0 Å². The van der Waals surface area contributed by atoms with Gasteiger partial charge >= 0.3 is 0 Å². The fraction of sp³-hybridized carbons (Fsp3) is 0.231. The van der Waals surface area contributed by atoms with Crippen LogP contribution in [-0.2, 0) is 0 Å². The molecule has 0 amide bonds. The number of halogens is 2. The largest absolute Gasteiger partial charge is 0.492 e. The van der Waals surface area contributed by atoms with E-state index < -0.39 is 0 Å². The Bertz CT molecular complexity index is 548. The SMILES string of the molecule is Cc1c(Cl)ncnc1NCCOc1ccc(F)cc1. The number of aromatic nitrogens is 2. The molecule has 2 rings (SSSR count). The molecule has 1 aromatic heterocycles. The molecule has 0 saturated carbocycles. The summed E-state index contributed by atoms with van der Waals surface area (Å²) in [5.74, 6) is 1.03. The van der Waals surface area contributed by atoms with Gasteiger partial charge in [0, 0.05) is 5.56 Å². The van der Waals surface area contributed by atoms with Crippen molar-refractivity contribution in [3.63, 3.8) is 0 Å². The summed E-state index contributed by atoms with van der Waals surface area (Å²) in [6.45, 7) is 2.84. The molecule has 100 valence electrons. The van der Waals surface area contributed by atoms with Crippen LogP contribution in [0.3, 0.4) is 0 Å². The molecule has 19 heavy (non-hydrogen) atoms. The summed E-state index contributed by atoms with van der Waals surface area (Å²) in [6.07, 6.45) is 1.40. The third-order valence-corrected chi connectivity index (χ3v) is 2.88. The van der Waals surface area contributed by atoms with E-state index in [0.29, 0.717) is 29.9 Å². The number of nitrogens with one attached hydrogen (secondary N) is 1. The molecule has 0 aliphatic heterocycles. The number of ether oxygens (including phenoxy) is 1. The highest BCUT2D eigenvalue weighted by Crippen LogP contribution is 2.17. The lowest BCUT2D eigenvalue weighted by molar-refractivity contribution is 0.332. The third-order valence-electron chi connectivity index (χ3n) is 2.50.